The average molecular weight is 364 g/mol. The summed E-state index contributed by atoms with van der Waals surface area (Å²) in [6, 6.07) is 0. The van der Waals surface area contributed by atoms with E-state index in [2.05, 4.69) is 36.7 Å². The molecule has 0 aromatic carbocycles. The van der Waals surface area contributed by atoms with E-state index in [1.165, 1.54) is 92.6 Å². The highest BCUT2D eigenvalue weighted by molar-refractivity contribution is 9.09. The molecule has 0 aliphatic rings. The van der Waals surface area contributed by atoms with E-state index in [1.54, 1.807) is 0 Å². The van der Waals surface area contributed by atoms with Crippen LogP contribution in [0, 0.1) is 5.92 Å². The van der Waals surface area contributed by atoms with E-state index < -0.39 is 0 Å². The lowest BCUT2D eigenvalue weighted by molar-refractivity contribution is 0.265. The van der Waals surface area contributed by atoms with Gasteiger partial charge in [-0.15, -0.1) is 0 Å². The summed E-state index contributed by atoms with van der Waals surface area (Å²) in [5, 5.41) is 1.93. The Balaban J connectivity index is 4.40. The Kier molecular flexibility index (Phi) is 13.8. The molecule has 0 aliphatic heterocycles. The van der Waals surface area contributed by atoms with Crippen LogP contribution in [0.25, 0.3) is 0 Å². The molecule has 0 bridgehead atoms. The van der Waals surface area contributed by atoms with Gasteiger partial charge < -0.3 is 0 Å². The molecule has 0 fully saturated rings. The van der Waals surface area contributed by atoms with Crippen molar-refractivity contribution in [2.75, 3.05) is 5.33 Å². The van der Waals surface area contributed by atoms with Gasteiger partial charge in [0.25, 0.3) is 0 Å². The predicted octanol–water partition coefficient (Wildman–Crippen LogP) is 6.26. The molecule has 0 rings (SSSR count). The molecule has 122 valence electrons. The minimum absolute atomic E-state index is 0.744. The molecule has 0 aromatic rings. The summed E-state index contributed by atoms with van der Waals surface area (Å²) in [5.41, 5.74) is 0. The third-order valence-corrected chi connectivity index (χ3v) is 7.35. The fourth-order valence-corrected chi connectivity index (χ4v) is 5.78. The Labute approximate surface area is 140 Å². The SMILES string of the molecule is CCCCC(CCCCCCBr)C([SiH3])(CCC)CCC. The van der Waals surface area contributed by atoms with Crippen LogP contribution in [0.3, 0.4) is 0 Å². The highest BCUT2D eigenvalue weighted by Crippen LogP contribution is 2.46. The van der Waals surface area contributed by atoms with Crippen LogP contribution in [0.5, 0.6) is 0 Å². The summed E-state index contributed by atoms with van der Waals surface area (Å²) >= 11 is 3.54. The topological polar surface area (TPSA) is 0 Å². The van der Waals surface area contributed by atoms with Gasteiger partial charge in [0, 0.05) is 15.6 Å². The lowest BCUT2D eigenvalue weighted by atomic mass is 9.78. The van der Waals surface area contributed by atoms with Crippen molar-refractivity contribution in [2.45, 2.75) is 103 Å². The standard InChI is InChI=1S/C18H39BrSi/c1-4-7-12-17(13-10-8-9-11-16-19)18(20,14-5-2)15-6-3/h17H,4-16H2,1-3,20H3. The summed E-state index contributed by atoms with van der Waals surface area (Å²) in [4.78, 5) is 0. The Morgan fingerprint density at radius 3 is 1.85 bits per heavy atom. The molecule has 1 atom stereocenters. The van der Waals surface area contributed by atoms with Crippen molar-refractivity contribution < 1.29 is 0 Å². The zero-order valence-electron chi connectivity index (χ0n) is 14.6. The summed E-state index contributed by atoms with van der Waals surface area (Å²) in [6.45, 7) is 7.12. The van der Waals surface area contributed by atoms with E-state index in [4.69, 9.17) is 0 Å². The molecule has 0 N–H and O–H groups in total. The average Bonchev–Trinajstić information content (AvgIpc) is 2.42. The largest absolute Gasteiger partial charge is 0.0928 e. The van der Waals surface area contributed by atoms with Crippen molar-refractivity contribution in [2.24, 2.45) is 5.92 Å². The molecular formula is C18H39BrSi. The Morgan fingerprint density at radius 2 is 1.35 bits per heavy atom. The van der Waals surface area contributed by atoms with Crippen LogP contribution in [0.4, 0.5) is 0 Å². The lowest BCUT2D eigenvalue weighted by Gasteiger charge is -2.38. The molecule has 0 aliphatic carbocycles. The first-order valence-corrected chi connectivity index (χ1v) is 11.3. The lowest BCUT2D eigenvalue weighted by Crippen LogP contribution is -2.24. The molecule has 0 amide bonds. The van der Waals surface area contributed by atoms with Gasteiger partial charge in [0.1, 0.15) is 0 Å². The maximum absolute atomic E-state index is 3.54. The fourth-order valence-electron chi connectivity index (χ4n) is 3.81. The van der Waals surface area contributed by atoms with Crippen molar-refractivity contribution in [3.8, 4) is 0 Å². The Bertz CT molecular complexity index is 200. The summed E-state index contributed by atoms with van der Waals surface area (Å²) in [5.74, 6) is 1.03. The molecule has 0 aromatic heterocycles. The second-order valence-corrected chi connectivity index (χ2v) is 9.67. The number of hydrogen-bond acceptors (Lipinski definition) is 0. The van der Waals surface area contributed by atoms with Gasteiger partial charge in [-0.1, -0.05) is 107 Å². The Morgan fingerprint density at radius 1 is 0.800 bits per heavy atom. The summed E-state index contributed by atoms with van der Waals surface area (Å²) in [6.07, 6.45) is 17.3. The molecule has 0 nitrogen and oxygen atoms in total. The third-order valence-electron chi connectivity index (χ3n) is 4.97. The van der Waals surface area contributed by atoms with Crippen LogP contribution in [-0.2, 0) is 0 Å². The van der Waals surface area contributed by atoms with E-state index in [0.717, 1.165) is 11.0 Å². The number of unbranched alkanes of at least 4 members (excludes halogenated alkanes) is 4. The van der Waals surface area contributed by atoms with Crippen molar-refractivity contribution in [3.05, 3.63) is 0 Å². The third kappa shape index (κ3) is 8.87. The van der Waals surface area contributed by atoms with E-state index in [0.29, 0.717) is 0 Å². The maximum Gasteiger partial charge on any atom is 0.0110 e. The van der Waals surface area contributed by atoms with Gasteiger partial charge in [-0.2, -0.15) is 0 Å². The summed E-state index contributed by atoms with van der Waals surface area (Å²) in [7, 11) is 1.40. The molecule has 0 saturated heterocycles. The second-order valence-electron chi connectivity index (χ2n) is 6.89. The molecule has 0 radical (unpaired) electrons. The monoisotopic (exact) mass is 362 g/mol. The van der Waals surface area contributed by atoms with Gasteiger partial charge in [-0.25, -0.2) is 0 Å². The predicted molar refractivity (Wildman–Crippen MR) is 102 cm³/mol. The molecule has 1 unspecified atom stereocenters. The van der Waals surface area contributed by atoms with Gasteiger partial charge in [0.2, 0.25) is 0 Å². The fraction of sp³-hybridized carbons (Fsp3) is 1.00. The van der Waals surface area contributed by atoms with E-state index in [9.17, 15) is 0 Å². The van der Waals surface area contributed by atoms with E-state index >= 15 is 0 Å². The highest BCUT2D eigenvalue weighted by Gasteiger charge is 2.31. The first-order chi connectivity index (χ1) is 9.64. The van der Waals surface area contributed by atoms with Crippen LogP contribution in [0.1, 0.15) is 97.8 Å². The second kappa shape index (κ2) is 13.4. The molecule has 0 heterocycles. The van der Waals surface area contributed by atoms with E-state index in [-0.39, 0.29) is 0 Å². The maximum atomic E-state index is 3.54. The number of alkyl halides is 1. The minimum Gasteiger partial charge on any atom is -0.0928 e. The summed E-state index contributed by atoms with van der Waals surface area (Å²) < 4.78 is 0. The van der Waals surface area contributed by atoms with Crippen molar-refractivity contribution in [1.29, 1.82) is 0 Å². The number of hydrogen-bond donors (Lipinski definition) is 0. The molecule has 20 heavy (non-hydrogen) atoms. The normalized spacial score (nSPS) is 13.8. The zero-order valence-corrected chi connectivity index (χ0v) is 18.2. The molecule has 0 spiro atoms. The van der Waals surface area contributed by atoms with Crippen molar-refractivity contribution in [1.82, 2.24) is 0 Å². The molecule has 0 saturated carbocycles. The number of halogens is 1. The first-order valence-electron chi connectivity index (χ1n) is 9.20. The molecule has 2 heteroatoms. The number of rotatable bonds is 14. The van der Waals surface area contributed by atoms with E-state index in [1.807, 2.05) is 0 Å². The molecular weight excluding hydrogens is 324 g/mol. The van der Waals surface area contributed by atoms with Gasteiger partial charge in [-0.3, -0.25) is 0 Å². The zero-order chi connectivity index (χ0) is 15.3. The smallest absolute Gasteiger partial charge is 0.0110 e. The minimum atomic E-state index is 0.744. The van der Waals surface area contributed by atoms with Gasteiger partial charge in [0.15, 0.2) is 0 Å². The van der Waals surface area contributed by atoms with Crippen LogP contribution in [-0.4, -0.2) is 15.6 Å². The van der Waals surface area contributed by atoms with Crippen LogP contribution < -0.4 is 0 Å². The Hall–Kier alpha value is 0.697. The van der Waals surface area contributed by atoms with Crippen molar-refractivity contribution in [3.63, 3.8) is 0 Å². The van der Waals surface area contributed by atoms with Crippen LogP contribution >= 0.6 is 15.9 Å². The van der Waals surface area contributed by atoms with Gasteiger partial charge >= 0.3 is 0 Å². The van der Waals surface area contributed by atoms with Crippen LogP contribution in [0.15, 0.2) is 0 Å². The quantitative estimate of drug-likeness (QED) is 0.194. The highest BCUT2D eigenvalue weighted by atomic mass is 79.9. The first kappa shape index (κ1) is 20.7. The van der Waals surface area contributed by atoms with Gasteiger partial charge in [-0.05, 0) is 17.4 Å². The van der Waals surface area contributed by atoms with Crippen LogP contribution in [0.2, 0.25) is 5.04 Å². The van der Waals surface area contributed by atoms with Crippen molar-refractivity contribution >= 4 is 26.2 Å². The van der Waals surface area contributed by atoms with Gasteiger partial charge in [0.05, 0.1) is 0 Å².